The minimum absolute atomic E-state index is 0.0118. The standard InChI is InChI=1S/C18H34N2O4/c1-2-3-4-5-6-7-8-9-10-11-16(21)19-14-15-20-17(22)12-13-18(23)24/h2-15H2,1H3,(H,19,21)(H,20,22)(H,23,24). The maximum atomic E-state index is 11.6. The van der Waals surface area contributed by atoms with Gasteiger partial charge in [0.15, 0.2) is 0 Å². The maximum Gasteiger partial charge on any atom is 0.303 e. The van der Waals surface area contributed by atoms with Gasteiger partial charge in [-0.1, -0.05) is 58.3 Å². The third-order valence-corrected chi connectivity index (χ3v) is 3.84. The van der Waals surface area contributed by atoms with Crippen LogP contribution in [0.1, 0.15) is 84.0 Å². The Morgan fingerprint density at radius 2 is 1.12 bits per heavy atom. The molecular weight excluding hydrogens is 308 g/mol. The van der Waals surface area contributed by atoms with Crippen molar-refractivity contribution in [3.63, 3.8) is 0 Å². The quantitative estimate of drug-likeness (QED) is 0.376. The van der Waals surface area contributed by atoms with E-state index in [1.165, 1.54) is 44.9 Å². The second-order valence-corrected chi connectivity index (χ2v) is 6.17. The fourth-order valence-corrected chi connectivity index (χ4v) is 2.40. The molecule has 0 unspecified atom stereocenters. The Labute approximate surface area is 145 Å². The maximum absolute atomic E-state index is 11.6. The number of rotatable bonds is 16. The molecule has 6 heteroatoms. The molecule has 0 spiro atoms. The Bertz CT molecular complexity index is 359. The normalized spacial score (nSPS) is 10.4. The van der Waals surface area contributed by atoms with E-state index >= 15 is 0 Å². The third kappa shape index (κ3) is 16.8. The molecule has 0 bridgehead atoms. The second-order valence-electron chi connectivity index (χ2n) is 6.17. The van der Waals surface area contributed by atoms with E-state index in [1.807, 2.05) is 0 Å². The Morgan fingerprint density at radius 1 is 0.667 bits per heavy atom. The fourth-order valence-electron chi connectivity index (χ4n) is 2.40. The zero-order valence-electron chi connectivity index (χ0n) is 15.1. The molecule has 0 fully saturated rings. The van der Waals surface area contributed by atoms with Crippen LogP contribution in [0.25, 0.3) is 0 Å². The van der Waals surface area contributed by atoms with Gasteiger partial charge in [0, 0.05) is 25.9 Å². The lowest BCUT2D eigenvalue weighted by Crippen LogP contribution is -2.34. The van der Waals surface area contributed by atoms with Crippen molar-refractivity contribution in [2.75, 3.05) is 13.1 Å². The summed E-state index contributed by atoms with van der Waals surface area (Å²) in [7, 11) is 0. The molecule has 3 N–H and O–H groups in total. The summed E-state index contributed by atoms with van der Waals surface area (Å²) in [6.07, 6.45) is 11.4. The molecule has 0 aliphatic carbocycles. The first-order valence-electron chi connectivity index (χ1n) is 9.31. The topological polar surface area (TPSA) is 95.5 Å². The monoisotopic (exact) mass is 342 g/mol. The number of carbonyl (C=O) groups excluding carboxylic acids is 2. The van der Waals surface area contributed by atoms with Crippen LogP contribution in [0.15, 0.2) is 0 Å². The van der Waals surface area contributed by atoms with Crippen molar-refractivity contribution < 1.29 is 19.5 Å². The summed E-state index contributed by atoms with van der Waals surface area (Å²) >= 11 is 0. The van der Waals surface area contributed by atoms with Crippen molar-refractivity contribution in [1.82, 2.24) is 10.6 Å². The Hall–Kier alpha value is -1.59. The van der Waals surface area contributed by atoms with Gasteiger partial charge in [-0.25, -0.2) is 0 Å². The van der Waals surface area contributed by atoms with Gasteiger partial charge in [0.2, 0.25) is 11.8 Å². The van der Waals surface area contributed by atoms with Gasteiger partial charge >= 0.3 is 5.97 Å². The first-order chi connectivity index (χ1) is 11.6. The van der Waals surface area contributed by atoms with Crippen LogP contribution in [0, 0.1) is 0 Å². The zero-order chi connectivity index (χ0) is 18.0. The second kappa shape index (κ2) is 16.3. The molecule has 0 saturated carbocycles. The van der Waals surface area contributed by atoms with Gasteiger partial charge in [-0.15, -0.1) is 0 Å². The van der Waals surface area contributed by atoms with E-state index < -0.39 is 5.97 Å². The molecule has 0 saturated heterocycles. The number of unbranched alkanes of at least 4 members (excludes halogenated alkanes) is 8. The molecule has 0 atom stereocenters. The molecule has 0 aliphatic rings. The van der Waals surface area contributed by atoms with Crippen LogP contribution in [-0.4, -0.2) is 36.0 Å². The molecule has 0 aliphatic heterocycles. The van der Waals surface area contributed by atoms with Crippen molar-refractivity contribution in [2.45, 2.75) is 84.0 Å². The smallest absolute Gasteiger partial charge is 0.303 e. The predicted molar refractivity (Wildman–Crippen MR) is 94.7 cm³/mol. The first kappa shape index (κ1) is 22.4. The minimum Gasteiger partial charge on any atom is -0.481 e. The minimum atomic E-state index is -0.987. The van der Waals surface area contributed by atoms with E-state index in [1.54, 1.807) is 0 Å². The van der Waals surface area contributed by atoms with Crippen molar-refractivity contribution >= 4 is 17.8 Å². The Kier molecular flexibility index (Phi) is 15.2. The highest BCUT2D eigenvalue weighted by molar-refractivity contribution is 5.80. The predicted octanol–water partition coefficient (Wildman–Crippen LogP) is 3.00. The van der Waals surface area contributed by atoms with Crippen molar-refractivity contribution in [2.24, 2.45) is 0 Å². The van der Waals surface area contributed by atoms with Crippen molar-refractivity contribution in [3.05, 3.63) is 0 Å². The number of hydrogen-bond donors (Lipinski definition) is 3. The fraction of sp³-hybridized carbons (Fsp3) is 0.833. The molecule has 2 amide bonds. The molecule has 0 aromatic heterocycles. The van der Waals surface area contributed by atoms with E-state index in [4.69, 9.17) is 5.11 Å². The summed E-state index contributed by atoms with van der Waals surface area (Å²) in [4.78, 5) is 33.2. The van der Waals surface area contributed by atoms with Crippen LogP contribution >= 0.6 is 0 Å². The van der Waals surface area contributed by atoms with Crippen molar-refractivity contribution in [1.29, 1.82) is 0 Å². The highest BCUT2D eigenvalue weighted by Gasteiger charge is 2.05. The number of hydrogen-bond acceptors (Lipinski definition) is 3. The van der Waals surface area contributed by atoms with Gasteiger partial charge in [0.05, 0.1) is 6.42 Å². The van der Waals surface area contributed by atoms with E-state index in [-0.39, 0.29) is 24.7 Å². The van der Waals surface area contributed by atoms with E-state index in [9.17, 15) is 14.4 Å². The molecule has 24 heavy (non-hydrogen) atoms. The number of nitrogens with one attached hydrogen (secondary N) is 2. The van der Waals surface area contributed by atoms with Gasteiger partial charge in [-0.05, 0) is 6.42 Å². The van der Waals surface area contributed by atoms with E-state index in [2.05, 4.69) is 17.6 Å². The molecule has 0 aromatic rings. The van der Waals surface area contributed by atoms with Crippen LogP contribution < -0.4 is 10.6 Å². The number of carboxylic acids is 1. The van der Waals surface area contributed by atoms with Gasteiger partial charge in [0.1, 0.15) is 0 Å². The van der Waals surface area contributed by atoms with Crippen LogP contribution in [0.2, 0.25) is 0 Å². The molecule has 0 aromatic carbocycles. The largest absolute Gasteiger partial charge is 0.481 e. The average molecular weight is 342 g/mol. The van der Waals surface area contributed by atoms with Gasteiger partial charge in [-0.3, -0.25) is 14.4 Å². The number of carboxylic acid groups (broad SMARTS) is 1. The Morgan fingerprint density at radius 3 is 1.62 bits per heavy atom. The summed E-state index contributed by atoms with van der Waals surface area (Å²) in [5.41, 5.74) is 0. The van der Waals surface area contributed by atoms with Crippen LogP contribution in [0.5, 0.6) is 0 Å². The van der Waals surface area contributed by atoms with Crippen LogP contribution in [0.4, 0.5) is 0 Å². The molecule has 0 rings (SSSR count). The highest BCUT2D eigenvalue weighted by Crippen LogP contribution is 2.10. The molecular formula is C18H34N2O4. The van der Waals surface area contributed by atoms with Gasteiger partial charge in [0.25, 0.3) is 0 Å². The first-order valence-corrected chi connectivity index (χ1v) is 9.31. The summed E-state index contributed by atoms with van der Waals surface area (Å²) < 4.78 is 0. The molecule has 0 heterocycles. The SMILES string of the molecule is CCCCCCCCCCCC(=O)NCCNC(=O)CCC(=O)O. The lowest BCUT2D eigenvalue weighted by molar-refractivity contribution is -0.138. The molecule has 140 valence electrons. The number of amides is 2. The van der Waals surface area contributed by atoms with Gasteiger partial charge < -0.3 is 15.7 Å². The average Bonchev–Trinajstić information content (AvgIpc) is 2.55. The third-order valence-electron chi connectivity index (χ3n) is 3.84. The lowest BCUT2D eigenvalue weighted by Gasteiger charge is -2.07. The summed E-state index contributed by atoms with van der Waals surface area (Å²) in [6.45, 7) is 2.94. The van der Waals surface area contributed by atoms with Gasteiger partial charge in [-0.2, -0.15) is 0 Å². The van der Waals surface area contributed by atoms with Crippen LogP contribution in [-0.2, 0) is 14.4 Å². The zero-order valence-corrected chi connectivity index (χ0v) is 15.1. The van der Waals surface area contributed by atoms with Crippen LogP contribution in [0.3, 0.4) is 0 Å². The van der Waals surface area contributed by atoms with E-state index in [0.29, 0.717) is 19.5 Å². The lowest BCUT2D eigenvalue weighted by atomic mass is 10.1. The summed E-state index contributed by atoms with van der Waals surface area (Å²) in [6, 6.07) is 0. The number of aliphatic carboxylic acids is 1. The highest BCUT2D eigenvalue weighted by atomic mass is 16.4. The Balaban J connectivity index is 3.32. The molecule has 0 radical (unpaired) electrons. The molecule has 6 nitrogen and oxygen atoms in total. The summed E-state index contributed by atoms with van der Waals surface area (Å²) in [5, 5.41) is 13.8. The van der Waals surface area contributed by atoms with E-state index in [0.717, 1.165) is 12.8 Å². The number of carbonyl (C=O) groups is 3. The summed E-state index contributed by atoms with van der Waals surface area (Å²) in [5.74, 6) is -1.28. The van der Waals surface area contributed by atoms with Crippen molar-refractivity contribution in [3.8, 4) is 0 Å².